The normalized spacial score (nSPS) is 28.4. The zero-order valence-corrected chi connectivity index (χ0v) is 55.2. The largest absolute Gasteiger partial charge is 0.394 e. The number of aliphatic hydroxyl groups excluding tert-OH is 11. The maximum Gasteiger partial charge on any atom is 0.220 e. The molecule has 19 heteroatoms. The molecule has 0 aromatic heterocycles. The minimum Gasteiger partial charge on any atom is -0.394 e. The van der Waals surface area contributed by atoms with Gasteiger partial charge in [-0.05, 0) is 51.4 Å². The molecule has 19 nitrogen and oxygen atoms in total. The molecule has 0 aliphatic carbocycles. The number of nitrogens with one attached hydrogen (secondary N) is 1. The third-order valence-electron chi connectivity index (χ3n) is 17.9. The molecule has 0 radical (unpaired) electrons. The van der Waals surface area contributed by atoms with Gasteiger partial charge in [0.15, 0.2) is 18.9 Å². The Morgan fingerprint density at radius 3 is 1.15 bits per heavy atom. The van der Waals surface area contributed by atoms with Gasteiger partial charge >= 0.3 is 0 Å². The Bertz CT molecular complexity index is 1760. The summed E-state index contributed by atoms with van der Waals surface area (Å²) in [6.07, 6.45) is 33.9. The minimum absolute atomic E-state index is 0.242. The summed E-state index contributed by atoms with van der Waals surface area (Å²) in [6, 6.07) is -0.974. The molecule has 3 saturated heterocycles. The van der Waals surface area contributed by atoms with E-state index in [1.165, 1.54) is 186 Å². The summed E-state index contributed by atoms with van der Waals surface area (Å²) in [5.74, 6) is -0.275. The number of carbonyl (C=O) groups is 1. The number of carbonyl (C=O) groups excluding carboxylic acids is 1. The number of rotatable bonds is 55. The van der Waals surface area contributed by atoms with Gasteiger partial charge in [-0.25, -0.2) is 0 Å². The van der Waals surface area contributed by atoms with E-state index in [0.29, 0.717) is 6.42 Å². The van der Waals surface area contributed by atoms with Crippen molar-refractivity contribution in [1.29, 1.82) is 0 Å². The highest BCUT2D eigenvalue weighted by Gasteiger charge is 2.53. The molecular weight excluding hydrogens is 1140 g/mol. The fourth-order valence-electron chi connectivity index (χ4n) is 12.1. The second kappa shape index (κ2) is 52.3. The van der Waals surface area contributed by atoms with Gasteiger partial charge in [0.25, 0.3) is 0 Å². The SMILES string of the molecule is CCCCCCC/C=C\C/C=C\CCCCCCCCCCCCCC(=O)NC(COC1OC(CO)C(OC2OC(CO)C(OC3OC(CO)C(O)C(O)C3O)C(O)C2O)C(O)C1O)C(O)/C=C/CCCCCCCCCCCCCCCCCCCCC. The van der Waals surface area contributed by atoms with E-state index in [9.17, 15) is 61.0 Å². The summed E-state index contributed by atoms with van der Waals surface area (Å²) in [4.78, 5) is 13.4. The van der Waals surface area contributed by atoms with Crippen molar-refractivity contribution in [3.05, 3.63) is 36.5 Å². The van der Waals surface area contributed by atoms with Gasteiger partial charge in [-0.2, -0.15) is 0 Å². The summed E-state index contributed by atoms with van der Waals surface area (Å²) in [6.45, 7) is 1.75. The fourth-order valence-corrected chi connectivity index (χ4v) is 12.1. The summed E-state index contributed by atoms with van der Waals surface area (Å²) >= 11 is 0. The summed E-state index contributed by atoms with van der Waals surface area (Å²) in [5, 5.41) is 121. The third-order valence-corrected chi connectivity index (χ3v) is 17.9. The van der Waals surface area contributed by atoms with Crippen molar-refractivity contribution >= 4 is 5.91 Å². The molecule has 0 saturated carbocycles. The van der Waals surface area contributed by atoms with E-state index in [1.54, 1.807) is 6.08 Å². The van der Waals surface area contributed by atoms with Gasteiger partial charge in [-0.1, -0.05) is 249 Å². The van der Waals surface area contributed by atoms with Crippen LogP contribution in [0.2, 0.25) is 0 Å². The van der Waals surface area contributed by atoms with E-state index in [1.807, 2.05) is 6.08 Å². The average molecular weight is 1270 g/mol. The van der Waals surface area contributed by atoms with Crippen LogP contribution in [0.15, 0.2) is 36.5 Å². The molecule has 89 heavy (non-hydrogen) atoms. The maximum atomic E-state index is 13.4. The molecule has 3 aliphatic rings. The highest BCUT2D eigenvalue weighted by Crippen LogP contribution is 2.33. The Kier molecular flexibility index (Phi) is 47.7. The molecule has 0 aromatic carbocycles. The Balaban J connectivity index is 1.44. The van der Waals surface area contributed by atoms with Crippen LogP contribution in [0.1, 0.15) is 271 Å². The molecule has 3 heterocycles. The van der Waals surface area contributed by atoms with E-state index < -0.39 is 124 Å². The molecule has 3 rings (SSSR count). The number of allylic oxidation sites excluding steroid dienone is 5. The number of unbranched alkanes of at least 4 members (excludes halogenated alkanes) is 35. The predicted octanol–water partition coefficient (Wildman–Crippen LogP) is 9.61. The van der Waals surface area contributed by atoms with Crippen LogP contribution in [0, 0.1) is 0 Å². The van der Waals surface area contributed by atoms with Crippen molar-refractivity contribution < 1.29 is 89.4 Å². The van der Waals surface area contributed by atoms with Gasteiger partial charge in [-0.3, -0.25) is 4.79 Å². The van der Waals surface area contributed by atoms with Crippen LogP contribution < -0.4 is 5.32 Å². The molecule has 1 amide bonds. The lowest BCUT2D eigenvalue weighted by Gasteiger charge is -2.48. The van der Waals surface area contributed by atoms with Crippen molar-refractivity contribution in [2.75, 3.05) is 26.4 Å². The van der Waals surface area contributed by atoms with Crippen molar-refractivity contribution in [2.45, 2.75) is 375 Å². The molecule has 0 aromatic rings. The second-order valence-corrected chi connectivity index (χ2v) is 25.7. The van der Waals surface area contributed by atoms with Crippen molar-refractivity contribution in [3.8, 4) is 0 Å². The summed E-state index contributed by atoms with van der Waals surface area (Å²) < 4.78 is 34.4. The van der Waals surface area contributed by atoms with Crippen LogP contribution in [0.4, 0.5) is 0 Å². The van der Waals surface area contributed by atoms with Gasteiger partial charge in [0.1, 0.15) is 73.2 Å². The molecule has 3 aliphatic heterocycles. The van der Waals surface area contributed by atoms with Crippen molar-refractivity contribution in [2.24, 2.45) is 0 Å². The number of aliphatic hydroxyl groups is 11. The average Bonchev–Trinajstić information content (AvgIpc) is 2.09. The first-order valence-corrected chi connectivity index (χ1v) is 35.7. The number of amides is 1. The smallest absolute Gasteiger partial charge is 0.220 e. The highest BCUT2D eigenvalue weighted by atomic mass is 16.8. The highest BCUT2D eigenvalue weighted by molar-refractivity contribution is 5.76. The first-order valence-electron chi connectivity index (χ1n) is 35.7. The van der Waals surface area contributed by atoms with Crippen LogP contribution >= 0.6 is 0 Å². The van der Waals surface area contributed by atoms with E-state index in [4.69, 9.17) is 28.4 Å². The number of hydrogen-bond donors (Lipinski definition) is 12. The zero-order valence-electron chi connectivity index (χ0n) is 55.2. The summed E-state index contributed by atoms with van der Waals surface area (Å²) in [7, 11) is 0. The number of ether oxygens (including phenoxy) is 6. The standard InChI is InChI=1S/C70H129NO18/c1-3-5-7-9-11-13-15-17-19-21-23-25-26-28-30-32-34-36-38-40-42-44-46-48-58(76)71-53(54(75)47-45-43-41-39-37-35-33-31-29-27-24-22-20-18-16-14-12-10-8-6-4-2)52-84-68-64(82)61(79)66(56(50-73)86-68)89-70-65(83)62(80)67(57(51-74)87-70)88-69-63(81)60(78)59(77)55(49-72)85-69/h15,17,21,23,45,47,53-57,59-70,72-75,77-83H,3-14,16,18-20,22,24-44,46,48-52H2,1-2H3,(H,71,76)/b17-15-,23-21-,47-45+. The molecule has 12 N–H and O–H groups in total. The molecule has 3 fully saturated rings. The molecular formula is C70H129NO18. The Labute approximate surface area is 536 Å². The Morgan fingerprint density at radius 2 is 0.742 bits per heavy atom. The van der Waals surface area contributed by atoms with Crippen LogP contribution in [0.5, 0.6) is 0 Å². The Hall–Kier alpha value is -1.99. The van der Waals surface area contributed by atoms with Crippen LogP contribution in [0.3, 0.4) is 0 Å². The first-order chi connectivity index (χ1) is 43.3. The van der Waals surface area contributed by atoms with Crippen LogP contribution in [-0.2, 0) is 33.2 Å². The molecule has 0 spiro atoms. The van der Waals surface area contributed by atoms with Gasteiger partial charge in [-0.15, -0.1) is 0 Å². The summed E-state index contributed by atoms with van der Waals surface area (Å²) in [5.41, 5.74) is 0. The van der Waals surface area contributed by atoms with Crippen LogP contribution in [-0.4, -0.2) is 193 Å². The first kappa shape index (κ1) is 81.2. The van der Waals surface area contributed by atoms with Gasteiger partial charge in [0.05, 0.1) is 38.6 Å². The predicted molar refractivity (Wildman–Crippen MR) is 346 cm³/mol. The van der Waals surface area contributed by atoms with E-state index in [0.717, 1.165) is 57.8 Å². The van der Waals surface area contributed by atoms with E-state index >= 15 is 0 Å². The van der Waals surface area contributed by atoms with Crippen molar-refractivity contribution in [3.63, 3.8) is 0 Å². The van der Waals surface area contributed by atoms with Gasteiger partial charge < -0.3 is 89.9 Å². The van der Waals surface area contributed by atoms with Gasteiger partial charge in [0, 0.05) is 6.42 Å². The van der Waals surface area contributed by atoms with E-state index in [2.05, 4.69) is 43.5 Å². The molecule has 0 bridgehead atoms. The van der Waals surface area contributed by atoms with Crippen LogP contribution in [0.25, 0.3) is 0 Å². The number of hydrogen-bond acceptors (Lipinski definition) is 18. The second-order valence-electron chi connectivity index (χ2n) is 25.7. The third kappa shape index (κ3) is 34.3. The zero-order chi connectivity index (χ0) is 64.7. The monoisotopic (exact) mass is 1270 g/mol. The van der Waals surface area contributed by atoms with E-state index in [-0.39, 0.29) is 18.9 Å². The maximum absolute atomic E-state index is 13.4. The minimum atomic E-state index is -1.98. The topological polar surface area (TPSA) is 307 Å². The molecule has 17 atom stereocenters. The van der Waals surface area contributed by atoms with Crippen molar-refractivity contribution in [1.82, 2.24) is 5.32 Å². The lowest BCUT2D eigenvalue weighted by Crippen LogP contribution is -2.66. The quantitative estimate of drug-likeness (QED) is 0.0199. The fraction of sp³-hybridized carbons (Fsp3) is 0.900. The van der Waals surface area contributed by atoms with Gasteiger partial charge in [0.2, 0.25) is 5.91 Å². The Morgan fingerprint density at radius 1 is 0.404 bits per heavy atom. The lowest BCUT2D eigenvalue weighted by molar-refractivity contribution is -0.379. The lowest BCUT2D eigenvalue weighted by atomic mass is 9.96. The molecule has 522 valence electrons. The molecule has 17 unspecified atom stereocenters.